The van der Waals surface area contributed by atoms with Gasteiger partial charge in [-0.05, 0) is 0 Å². The first-order chi connectivity index (χ1) is 7.93. The van der Waals surface area contributed by atoms with E-state index in [0.717, 1.165) is 14.7 Å². The quantitative estimate of drug-likeness (QED) is 0.459. The first-order valence-corrected chi connectivity index (χ1v) is 4.58. The van der Waals surface area contributed by atoms with Gasteiger partial charge in [-0.1, -0.05) is 0 Å². The second-order valence-corrected chi connectivity index (χ2v) is 3.48. The summed E-state index contributed by atoms with van der Waals surface area (Å²) in [6, 6.07) is 0. The van der Waals surface area contributed by atoms with Crippen LogP contribution in [0.1, 0.15) is 0 Å². The van der Waals surface area contributed by atoms with Gasteiger partial charge in [-0.15, -0.1) is 0 Å². The minimum Gasteiger partial charge on any atom is -0.530 e. The fraction of sp³-hybridized carbons (Fsp3) is 0.667. The maximum absolute atomic E-state index is 9.51. The summed E-state index contributed by atoms with van der Waals surface area (Å²) in [6.45, 7) is 0. The third-order valence-electron chi connectivity index (χ3n) is 1.10. The molecule has 0 N–H and O–H groups in total. The molecule has 10 heteroatoms. The van der Waals surface area contributed by atoms with Gasteiger partial charge in [0.1, 0.15) is 18.3 Å². The molecule has 0 aliphatic rings. The number of rotatable bonds is 0. The van der Waals surface area contributed by atoms with Crippen LogP contribution in [-0.4, -0.2) is 75.3 Å². The van der Waals surface area contributed by atoms with E-state index in [4.69, 9.17) is 0 Å². The molecule has 0 atom stereocenters. The topological polar surface area (TPSA) is 130 Å². The number of hydrogen-bond donors (Lipinski definition) is 0. The minimum atomic E-state index is -1.16. The van der Waals surface area contributed by atoms with Crippen LogP contribution in [0.25, 0.3) is 0 Å². The maximum atomic E-state index is 9.51. The third-order valence-corrected chi connectivity index (χ3v) is 1.10. The molecular formula is C9H18CrN3O6. The molecule has 0 spiro atoms. The van der Waals surface area contributed by atoms with Gasteiger partial charge >= 0.3 is 17.4 Å². The van der Waals surface area contributed by atoms with Crippen LogP contribution >= 0.6 is 0 Å². The fourth-order valence-corrected chi connectivity index (χ4v) is 0. The van der Waals surface area contributed by atoms with E-state index in [9.17, 15) is 29.7 Å². The maximum Gasteiger partial charge on any atom is 3.00 e. The average molecular weight is 316 g/mol. The minimum absolute atomic E-state index is 0. The number of hydrogen-bond acceptors (Lipinski definition) is 6. The molecule has 0 bridgehead atoms. The zero-order valence-corrected chi connectivity index (χ0v) is 13.0. The van der Waals surface area contributed by atoms with Crippen LogP contribution in [0.4, 0.5) is 14.4 Å². The van der Waals surface area contributed by atoms with Crippen molar-refractivity contribution in [2.75, 3.05) is 42.3 Å². The van der Waals surface area contributed by atoms with E-state index in [-0.39, 0.29) is 17.4 Å². The third kappa shape index (κ3) is 31.4. The smallest absolute Gasteiger partial charge is 0.530 e. The number of amides is 3. The van der Waals surface area contributed by atoms with Crippen LogP contribution in [0.15, 0.2) is 0 Å². The Morgan fingerprint density at radius 3 is 0.632 bits per heavy atom. The van der Waals surface area contributed by atoms with Gasteiger partial charge in [0.05, 0.1) is 0 Å². The Morgan fingerprint density at radius 2 is 0.632 bits per heavy atom. The number of carbonyl (C=O) groups excluding carboxylic acids is 3. The van der Waals surface area contributed by atoms with E-state index in [1.54, 1.807) is 0 Å². The number of carbonyl (C=O) groups is 3. The molecule has 0 saturated carbocycles. The van der Waals surface area contributed by atoms with Crippen LogP contribution in [0.3, 0.4) is 0 Å². The molecule has 19 heavy (non-hydrogen) atoms. The van der Waals surface area contributed by atoms with Crippen molar-refractivity contribution in [1.82, 2.24) is 14.7 Å². The van der Waals surface area contributed by atoms with Crippen molar-refractivity contribution in [1.29, 1.82) is 0 Å². The summed E-state index contributed by atoms with van der Waals surface area (Å²) >= 11 is 0. The molecule has 0 aliphatic heterocycles. The van der Waals surface area contributed by atoms with E-state index < -0.39 is 18.3 Å². The molecule has 0 rings (SSSR count). The molecule has 3 amide bonds. The average Bonchev–Trinajstić information content (AvgIpc) is 2.18. The molecule has 0 aromatic carbocycles. The van der Waals surface area contributed by atoms with E-state index in [0.29, 0.717) is 0 Å². The molecule has 0 heterocycles. The molecule has 9 nitrogen and oxygen atoms in total. The summed E-state index contributed by atoms with van der Waals surface area (Å²) < 4.78 is 0. The molecule has 0 unspecified atom stereocenters. The number of nitrogens with zero attached hydrogens (tertiary/aromatic N) is 3. The normalized spacial score (nSPS) is 7.26. The van der Waals surface area contributed by atoms with Crippen LogP contribution in [0.2, 0.25) is 0 Å². The standard InChI is InChI=1S/3C3H7NO2.Cr/c3*1-4(2)3(5)6;/h3*1-2H3,(H,5,6);/q;;;+3/p-3. The second kappa shape index (κ2) is 14.4. The Hall–Kier alpha value is -1.66. The van der Waals surface area contributed by atoms with Gasteiger partial charge < -0.3 is 44.4 Å². The molecule has 1 radical (unpaired) electrons. The van der Waals surface area contributed by atoms with Crippen molar-refractivity contribution >= 4 is 18.3 Å². The van der Waals surface area contributed by atoms with E-state index >= 15 is 0 Å². The van der Waals surface area contributed by atoms with Gasteiger partial charge in [0, 0.05) is 42.3 Å². The van der Waals surface area contributed by atoms with Gasteiger partial charge in [-0.25, -0.2) is 0 Å². The van der Waals surface area contributed by atoms with Gasteiger partial charge in [0.15, 0.2) is 0 Å². The Bertz CT molecular complexity index is 228. The molecule has 0 aliphatic carbocycles. The van der Waals surface area contributed by atoms with Crippen molar-refractivity contribution < 1.29 is 47.1 Å². The number of carboxylic acid groups (broad SMARTS) is 3. The van der Waals surface area contributed by atoms with Crippen molar-refractivity contribution in [2.45, 2.75) is 0 Å². The predicted octanol–water partition coefficient (Wildman–Crippen LogP) is -3.33. The molecular weight excluding hydrogens is 298 g/mol. The van der Waals surface area contributed by atoms with Gasteiger partial charge in [0.25, 0.3) is 0 Å². The summed E-state index contributed by atoms with van der Waals surface area (Å²) in [5.41, 5.74) is 0. The van der Waals surface area contributed by atoms with E-state index in [1.807, 2.05) is 0 Å². The molecule has 0 aromatic rings. The van der Waals surface area contributed by atoms with Gasteiger partial charge in [-0.3, -0.25) is 0 Å². The first-order valence-electron chi connectivity index (χ1n) is 4.58. The summed E-state index contributed by atoms with van der Waals surface area (Å²) in [5, 5.41) is 28.5. The Morgan fingerprint density at radius 1 is 0.579 bits per heavy atom. The largest absolute Gasteiger partial charge is 3.00 e. The molecule has 111 valence electrons. The van der Waals surface area contributed by atoms with Crippen LogP contribution < -0.4 is 15.3 Å². The fourth-order valence-electron chi connectivity index (χ4n) is 0. The summed E-state index contributed by atoms with van der Waals surface area (Å²) in [4.78, 5) is 31.5. The molecule has 0 saturated heterocycles. The first kappa shape index (κ1) is 26.0. The van der Waals surface area contributed by atoms with Crippen LogP contribution in [0.5, 0.6) is 0 Å². The van der Waals surface area contributed by atoms with Crippen molar-refractivity contribution in [3.63, 3.8) is 0 Å². The van der Waals surface area contributed by atoms with Crippen LogP contribution in [0, 0.1) is 0 Å². The van der Waals surface area contributed by atoms with E-state index in [2.05, 4.69) is 0 Å². The Labute approximate surface area is 123 Å². The molecule has 0 aromatic heterocycles. The SMILES string of the molecule is CN(C)C(=O)[O-].CN(C)C(=O)[O-].CN(C)C(=O)[O-].[Cr+3]. The summed E-state index contributed by atoms with van der Waals surface area (Å²) in [5.74, 6) is 0. The predicted molar refractivity (Wildman–Crippen MR) is 57.2 cm³/mol. The summed E-state index contributed by atoms with van der Waals surface area (Å²) in [7, 11) is 8.47. The van der Waals surface area contributed by atoms with Crippen LogP contribution in [-0.2, 0) is 17.4 Å². The summed E-state index contributed by atoms with van der Waals surface area (Å²) in [6.07, 6.45) is -3.47. The Kier molecular flexibility index (Phi) is 19.7. The zero-order valence-electron chi connectivity index (χ0n) is 11.7. The Balaban J connectivity index is -0.0000000865. The molecule has 0 fully saturated rings. The second-order valence-electron chi connectivity index (χ2n) is 3.48. The van der Waals surface area contributed by atoms with Gasteiger partial charge in [0.2, 0.25) is 0 Å². The van der Waals surface area contributed by atoms with Gasteiger partial charge in [-0.2, -0.15) is 0 Å². The monoisotopic (exact) mass is 316 g/mol. The zero-order chi connectivity index (χ0) is 15.5. The van der Waals surface area contributed by atoms with Crippen molar-refractivity contribution in [2.24, 2.45) is 0 Å². The van der Waals surface area contributed by atoms with Crippen molar-refractivity contribution in [3.05, 3.63) is 0 Å². The van der Waals surface area contributed by atoms with E-state index in [1.165, 1.54) is 42.3 Å². The van der Waals surface area contributed by atoms with Crippen molar-refractivity contribution in [3.8, 4) is 0 Å².